The molecule has 0 aliphatic carbocycles. The lowest BCUT2D eigenvalue weighted by molar-refractivity contribution is -0.110. The summed E-state index contributed by atoms with van der Waals surface area (Å²) in [6, 6.07) is 5.33. The number of nitrogens with zero attached hydrogens (tertiary/aromatic N) is 1. The van der Waals surface area contributed by atoms with Crippen LogP contribution in [0.15, 0.2) is 24.3 Å². The average Bonchev–Trinajstić information content (AvgIpc) is 2.53. The fourth-order valence-corrected chi connectivity index (χ4v) is 6.26. The molecule has 0 saturated heterocycles. The third-order valence-electron chi connectivity index (χ3n) is 5.14. The molecule has 0 amide bonds. The number of carbonyl (C=O) groups is 1. The first kappa shape index (κ1) is 22.8. The quantitative estimate of drug-likeness (QED) is 0.240. The van der Waals surface area contributed by atoms with Gasteiger partial charge in [0, 0.05) is 12.8 Å². The summed E-state index contributed by atoms with van der Waals surface area (Å²) < 4.78 is 6.64. The fraction of sp³-hybridized carbons (Fsp3) is 0.700. The molecule has 0 aliphatic heterocycles. The Kier molecular flexibility index (Phi) is 10.1. The molecule has 0 bridgehead atoms. The molecule has 0 rings (SSSR count). The zero-order chi connectivity index (χ0) is 18.8. The van der Waals surface area contributed by atoms with Crippen molar-refractivity contribution >= 4 is 14.6 Å². The van der Waals surface area contributed by atoms with Gasteiger partial charge >= 0.3 is 0 Å². The molecule has 0 spiro atoms. The molecule has 0 saturated carbocycles. The maximum absolute atomic E-state index is 11.3. The summed E-state index contributed by atoms with van der Waals surface area (Å²) in [5.74, 6) is 0.295. The van der Waals surface area contributed by atoms with Crippen molar-refractivity contribution in [2.75, 3.05) is 0 Å². The van der Waals surface area contributed by atoms with Crippen LogP contribution in [0.3, 0.4) is 0 Å². The molecular weight excluding hydrogens is 314 g/mol. The van der Waals surface area contributed by atoms with Crippen LogP contribution >= 0.6 is 0 Å². The van der Waals surface area contributed by atoms with Crippen LogP contribution in [-0.4, -0.2) is 20.2 Å². The highest BCUT2D eigenvalue weighted by Crippen LogP contribution is 2.36. The first-order chi connectivity index (χ1) is 11.2. The lowest BCUT2D eigenvalue weighted by Gasteiger charge is -2.41. The van der Waals surface area contributed by atoms with Gasteiger partial charge in [-0.05, 0) is 49.4 Å². The van der Waals surface area contributed by atoms with Gasteiger partial charge < -0.3 is 9.22 Å². The summed E-state index contributed by atoms with van der Waals surface area (Å²) >= 11 is 0. The number of aldehydes is 1. The van der Waals surface area contributed by atoms with Crippen molar-refractivity contribution in [3.63, 3.8) is 0 Å². The van der Waals surface area contributed by atoms with Gasteiger partial charge in [0.2, 0.25) is 0 Å². The minimum Gasteiger partial charge on any atom is -0.408 e. The van der Waals surface area contributed by atoms with E-state index in [9.17, 15) is 4.79 Å². The smallest absolute Gasteiger partial charge is 0.193 e. The van der Waals surface area contributed by atoms with E-state index >= 15 is 0 Å². The van der Waals surface area contributed by atoms with Gasteiger partial charge in [0.15, 0.2) is 8.32 Å². The average molecular weight is 350 g/mol. The lowest BCUT2D eigenvalue weighted by Crippen LogP contribution is -2.47. The minimum absolute atomic E-state index is 0.295. The number of carbonyl (C=O) groups excluding carboxylic acids is 1. The molecule has 2 unspecified atom stereocenters. The van der Waals surface area contributed by atoms with E-state index in [1.54, 1.807) is 0 Å². The highest BCUT2D eigenvalue weighted by atomic mass is 28.4. The number of rotatable bonds is 13. The number of hydrogen-bond acceptors (Lipinski definition) is 3. The Morgan fingerprint density at radius 3 is 2.25 bits per heavy atom. The molecule has 3 nitrogen and oxygen atoms in total. The second kappa shape index (κ2) is 10.6. The Hall–Kier alpha value is -1.18. The van der Waals surface area contributed by atoms with Gasteiger partial charge in [0.05, 0.1) is 11.7 Å². The van der Waals surface area contributed by atoms with Gasteiger partial charge in [-0.25, -0.2) is 0 Å². The third kappa shape index (κ3) is 6.74. The van der Waals surface area contributed by atoms with Crippen LogP contribution in [0, 0.1) is 17.2 Å². The Morgan fingerprint density at radius 1 is 1.29 bits per heavy atom. The summed E-state index contributed by atoms with van der Waals surface area (Å²) in [4.78, 5) is 11.3. The van der Waals surface area contributed by atoms with Crippen molar-refractivity contribution in [1.29, 1.82) is 5.26 Å². The SMILES string of the molecule is C=C(CC(=C)C(C)(CC=O)O[Si](CC)(CC)CC)CC(C)CC#N. The van der Waals surface area contributed by atoms with E-state index in [0.717, 1.165) is 42.0 Å². The predicted octanol–water partition coefficient (Wildman–Crippen LogP) is 5.80. The van der Waals surface area contributed by atoms with Crippen molar-refractivity contribution in [3.05, 3.63) is 24.3 Å². The molecule has 0 fully saturated rings. The first-order valence-electron chi connectivity index (χ1n) is 9.08. The maximum atomic E-state index is 11.3. The Morgan fingerprint density at radius 2 is 1.83 bits per heavy atom. The van der Waals surface area contributed by atoms with Crippen molar-refractivity contribution in [2.45, 2.75) is 84.0 Å². The van der Waals surface area contributed by atoms with Crippen molar-refractivity contribution in [3.8, 4) is 6.07 Å². The van der Waals surface area contributed by atoms with Crippen LogP contribution in [0.4, 0.5) is 0 Å². The van der Waals surface area contributed by atoms with Crippen LogP contribution < -0.4 is 0 Å². The molecule has 0 N–H and O–H groups in total. The van der Waals surface area contributed by atoms with E-state index in [2.05, 4.69) is 46.9 Å². The zero-order valence-electron chi connectivity index (χ0n) is 16.3. The highest BCUT2D eigenvalue weighted by molar-refractivity contribution is 6.73. The van der Waals surface area contributed by atoms with Gasteiger partial charge in [-0.3, -0.25) is 0 Å². The van der Waals surface area contributed by atoms with E-state index in [1.165, 1.54) is 0 Å². The summed E-state index contributed by atoms with van der Waals surface area (Å²) in [6.45, 7) is 19.0. The Bertz CT molecular complexity index is 468. The second-order valence-corrected chi connectivity index (χ2v) is 11.8. The highest BCUT2D eigenvalue weighted by Gasteiger charge is 2.39. The van der Waals surface area contributed by atoms with Crippen LogP contribution in [0.1, 0.15) is 60.3 Å². The van der Waals surface area contributed by atoms with E-state index < -0.39 is 13.9 Å². The van der Waals surface area contributed by atoms with Gasteiger partial charge in [-0.2, -0.15) is 5.26 Å². The lowest BCUT2D eigenvalue weighted by atomic mass is 9.87. The molecule has 0 aromatic heterocycles. The fourth-order valence-electron chi connectivity index (χ4n) is 3.14. The van der Waals surface area contributed by atoms with E-state index in [1.807, 2.05) is 6.92 Å². The van der Waals surface area contributed by atoms with Crippen molar-refractivity contribution < 1.29 is 9.22 Å². The number of nitriles is 1. The molecule has 0 heterocycles. The predicted molar refractivity (Wildman–Crippen MR) is 104 cm³/mol. The van der Waals surface area contributed by atoms with Crippen LogP contribution in [0.5, 0.6) is 0 Å². The Balaban J connectivity index is 5.14. The molecule has 0 aliphatic rings. The minimum atomic E-state index is -1.84. The van der Waals surface area contributed by atoms with Gasteiger partial charge in [-0.1, -0.05) is 46.4 Å². The van der Waals surface area contributed by atoms with Crippen molar-refractivity contribution in [1.82, 2.24) is 0 Å². The van der Waals surface area contributed by atoms with Crippen LogP contribution in [0.2, 0.25) is 18.1 Å². The van der Waals surface area contributed by atoms with Crippen LogP contribution in [-0.2, 0) is 9.22 Å². The summed E-state index contributed by atoms with van der Waals surface area (Å²) in [7, 11) is -1.84. The van der Waals surface area contributed by atoms with E-state index in [4.69, 9.17) is 9.69 Å². The molecule has 0 radical (unpaired) electrons. The molecule has 0 aromatic rings. The molecule has 2 atom stereocenters. The van der Waals surface area contributed by atoms with Crippen LogP contribution in [0.25, 0.3) is 0 Å². The van der Waals surface area contributed by atoms with Gasteiger partial charge in [-0.15, -0.1) is 0 Å². The maximum Gasteiger partial charge on any atom is 0.193 e. The topological polar surface area (TPSA) is 50.1 Å². The molecule has 24 heavy (non-hydrogen) atoms. The van der Waals surface area contributed by atoms with E-state index in [0.29, 0.717) is 25.2 Å². The number of hydrogen-bond donors (Lipinski definition) is 0. The Labute approximate surface area is 149 Å². The molecular formula is C20H35NO2Si. The standard InChI is InChI=1S/C20H35NO2Si/c1-8-24(9-2,10-3)23-20(7,12-14-22)19(6)16-18(5)15-17(4)11-13-21/h14,17H,5-6,8-12,15-16H2,1-4,7H3. The summed E-state index contributed by atoms with van der Waals surface area (Å²) in [5.41, 5.74) is 1.37. The molecule has 136 valence electrons. The first-order valence-corrected chi connectivity index (χ1v) is 11.6. The molecule has 0 aromatic carbocycles. The summed E-state index contributed by atoms with van der Waals surface area (Å²) in [5, 5.41) is 8.79. The second-order valence-electron chi connectivity index (χ2n) is 7.15. The zero-order valence-corrected chi connectivity index (χ0v) is 17.3. The van der Waals surface area contributed by atoms with Crippen molar-refractivity contribution in [2.24, 2.45) is 5.92 Å². The molecule has 4 heteroatoms. The summed E-state index contributed by atoms with van der Waals surface area (Å²) in [6.07, 6.45) is 3.27. The monoisotopic (exact) mass is 349 g/mol. The third-order valence-corrected chi connectivity index (χ3v) is 9.89. The number of allylic oxidation sites excluding steroid dienone is 1. The normalized spacial score (nSPS) is 15.2. The largest absolute Gasteiger partial charge is 0.408 e. The van der Waals surface area contributed by atoms with Gasteiger partial charge in [0.1, 0.15) is 6.29 Å². The van der Waals surface area contributed by atoms with E-state index in [-0.39, 0.29) is 0 Å². The van der Waals surface area contributed by atoms with Gasteiger partial charge in [0.25, 0.3) is 0 Å².